The van der Waals surface area contributed by atoms with Gasteiger partial charge in [-0.3, -0.25) is 0 Å². The van der Waals surface area contributed by atoms with E-state index < -0.39 is 15.6 Å². The van der Waals surface area contributed by atoms with Gasteiger partial charge in [0.1, 0.15) is 0 Å². The van der Waals surface area contributed by atoms with Gasteiger partial charge in [-0.25, -0.2) is 0 Å². The first kappa shape index (κ1) is 21.0. The van der Waals surface area contributed by atoms with Crippen LogP contribution in [0.15, 0.2) is 0 Å². The molecule has 0 heterocycles. The van der Waals surface area contributed by atoms with Crippen LogP contribution in [-0.2, 0) is 19.5 Å². The number of halogens is 12. The minimum atomic E-state index is -10.7. The summed E-state index contributed by atoms with van der Waals surface area (Å²) in [5.41, 5.74) is 0. The molecule has 0 radical (unpaired) electrons. The predicted molar refractivity (Wildman–Crippen MR) is 27.1 cm³/mol. The fourth-order valence-electron chi connectivity index (χ4n) is 0. The monoisotopic (exact) mass is 392 g/mol. The van der Waals surface area contributed by atoms with Crippen LogP contribution >= 0.6 is 15.6 Å². The first-order chi connectivity index (χ1) is 4.90. The average molecular weight is 391 g/mol. The Balaban J connectivity index is -0.000000180. The Morgan fingerprint density at radius 2 is 0.333 bits per heavy atom. The molecule has 0 unspecified atom stereocenters. The quantitative estimate of drug-likeness (QED) is 0.243. The van der Waals surface area contributed by atoms with Crippen molar-refractivity contribution in [1.82, 2.24) is 0 Å². The molecule has 0 aromatic carbocycles. The van der Waals surface area contributed by atoms with Crippen LogP contribution in [0.1, 0.15) is 0 Å². The summed E-state index contributed by atoms with van der Waals surface area (Å²) in [4.78, 5) is 0. The van der Waals surface area contributed by atoms with E-state index in [0.717, 1.165) is 0 Å². The standard InChI is InChI=1S/2F6P.Ru/c2*1-7(2,3,4,5)6;/q2*-1;+2. The van der Waals surface area contributed by atoms with Crippen LogP contribution in [0, 0.1) is 0 Å². The van der Waals surface area contributed by atoms with Gasteiger partial charge in [0.05, 0.1) is 0 Å². The van der Waals surface area contributed by atoms with Crippen LogP contribution in [0.3, 0.4) is 0 Å². The molecule has 0 aromatic heterocycles. The molecule has 0 nitrogen and oxygen atoms in total. The van der Waals surface area contributed by atoms with Crippen molar-refractivity contribution in [2.24, 2.45) is 0 Å². The molecule has 0 atom stereocenters. The Hall–Kier alpha value is 0.643. The zero-order valence-electron chi connectivity index (χ0n) is 5.78. The van der Waals surface area contributed by atoms with Crippen molar-refractivity contribution in [3.05, 3.63) is 0 Å². The zero-order valence-corrected chi connectivity index (χ0v) is 9.31. The van der Waals surface area contributed by atoms with Gasteiger partial charge >= 0.3 is 85.5 Å². The molecule has 0 saturated heterocycles. The van der Waals surface area contributed by atoms with Crippen LogP contribution in [0.2, 0.25) is 0 Å². The van der Waals surface area contributed by atoms with Crippen molar-refractivity contribution in [1.29, 1.82) is 0 Å². The van der Waals surface area contributed by atoms with Crippen LogP contribution in [0.4, 0.5) is 50.4 Å². The fourth-order valence-corrected chi connectivity index (χ4v) is 0. The minimum Gasteiger partial charge on any atom is 2.00 e. The molecule has 0 fully saturated rings. The minimum absolute atomic E-state index is 0. The Bertz CT molecular complexity index is 161. The van der Waals surface area contributed by atoms with Crippen LogP contribution in [0.25, 0.3) is 0 Å². The maximum atomic E-state index is 9.87. The Morgan fingerprint density at radius 3 is 0.333 bits per heavy atom. The summed E-state index contributed by atoms with van der Waals surface area (Å²) in [5, 5.41) is 0. The van der Waals surface area contributed by atoms with E-state index in [1.54, 1.807) is 0 Å². The summed E-state index contributed by atoms with van der Waals surface area (Å²) in [7, 11) is -21.3. The molecular formula is F12P2Ru. The van der Waals surface area contributed by atoms with E-state index in [4.69, 9.17) is 0 Å². The second-order valence-corrected chi connectivity index (χ2v) is 5.75. The van der Waals surface area contributed by atoms with Gasteiger partial charge in [-0.15, -0.1) is 0 Å². The van der Waals surface area contributed by atoms with E-state index in [9.17, 15) is 50.4 Å². The molecule has 15 heavy (non-hydrogen) atoms. The molecule has 0 aliphatic carbocycles. The summed E-state index contributed by atoms with van der Waals surface area (Å²) in [5.74, 6) is 0. The number of hydrogen-bond acceptors (Lipinski definition) is 0. The third kappa shape index (κ3) is 5660. The fraction of sp³-hybridized carbons (Fsp3) is 0. The second kappa shape index (κ2) is 2.90. The van der Waals surface area contributed by atoms with Gasteiger partial charge in [0, 0.05) is 0 Å². The van der Waals surface area contributed by atoms with Gasteiger partial charge in [0.25, 0.3) is 0 Å². The smallest absolute Gasteiger partial charge is 2.00 e. The molecule has 0 N–H and O–H groups in total. The normalized spacial score (nSPS) is 21.6. The topological polar surface area (TPSA) is 0 Å². The Morgan fingerprint density at radius 1 is 0.333 bits per heavy atom. The first-order valence-corrected chi connectivity index (χ1v) is 6.09. The number of rotatable bonds is 0. The average Bonchev–Trinajstić information content (AvgIpc) is 0.938. The third-order valence-electron chi connectivity index (χ3n) is 0. The molecular weight excluding hydrogens is 391 g/mol. The molecule has 0 aliphatic rings. The van der Waals surface area contributed by atoms with Crippen LogP contribution < -0.4 is 0 Å². The van der Waals surface area contributed by atoms with Gasteiger partial charge in [0.15, 0.2) is 0 Å². The Kier molecular flexibility index (Phi) is 4.06. The van der Waals surface area contributed by atoms with E-state index in [0.29, 0.717) is 0 Å². The molecule has 0 spiro atoms. The molecule has 0 amide bonds. The zero-order chi connectivity index (χ0) is 12.8. The van der Waals surface area contributed by atoms with Crippen molar-refractivity contribution < 1.29 is 69.8 Å². The molecule has 15 heteroatoms. The van der Waals surface area contributed by atoms with Crippen molar-refractivity contribution in [2.45, 2.75) is 0 Å². The summed E-state index contributed by atoms with van der Waals surface area (Å²) < 4.78 is 118. The predicted octanol–water partition coefficient (Wildman–Crippen LogP) is 6.76. The van der Waals surface area contributed by atoms with E-state index in [2.05, 4.69) is 0 Å². The summed E-state index contributed by atoms with van der Waals surface area (Å²) in [6, 6.07) is 0. The summed E-state index contributed by atoms with van der Waals surface area (Å²) in [6.45, 7) is 0. The van der Waals surface area contributed by atoms with E-state index >= 15 is 0 Å². The van der Waals surface area contributed by atoms with Crippen molar-refractivity contribution in [3.8, 4) is 0 Å². The molecule has 0 aliphatic heterocycles. The SMILES string of the molecule is F[P-](F)(F)(F)(F)F.F[P-](F)(F)(F)(F)F.[Ru+2]. The van der Waals surface area contributed by atoms with Gasteiger partial charge < -0.3 is 0 Å². The van der Waals surface area contributed by atoms with Gasteiger partial charge in [-0.05, 0) is 0 Å². The largest absolute Gasteiger partial charge is 2.00 e. The third-order valence-corrected chi connectivity index (χ3v) is 0. The Labute approximate surface area is 86.2 Å². The number of hydrogen-bond donors (Lipinski definition) is 0. The van der Waals surface area contributed by atoms with Crippen molar-refractivity contribution in [2.75, 3.05) is 0 Å². The maximum absolute atomic E-state index is 10.7. The van der Waals surface area contributed by atoms with Gasteiger partial charge in [0.2, 0.25) is 0 Å². The summed E-state index contributed by atoms with van der Waals surface area (Å²) in [6.07, 6.45) is 0. The van der Waals surface area contributed by atoms with Gasteiger partial charge in [-0.1, -0.05) is 0 Å². The summed E-state index contributed by atoms with van der Waals surface area (Å²) >= 11 is 0. The van der Waals surface area contributed by atoms with Gasteiger partial charge in [-0.2, -0.15) is 0 Å². The molecule has 0 saturated carbocycles. The van der Waals surface area contributed by atoms with Crippen LogP contribution in [-0.4, -0.2) is 0 Å². The van der Waals surface area contributed by atoms with Crippen LogP contribution in [0.5, 0.6) is 0 Å². The molecule has 0 bridgehead atoms. The maximum Gasteiger partial charge on any atom is 2.00 e. The van der Waals surface area contributed by atoms with Crippen molar-refractivity contribution >= 4 is 15.6 Å². The molecule has 0 rings (SSSR count). The first-order valence-electron chi connectivity index (χ1n) is 2.03. The van der Waals surface area contributed by atoms with E-state index in [1.165, 1.54) is 0 Å². The van der Waals surface area contributed by atoms with E-state index in [1.807, 2.05) is 0 Å². The molecule has 102 valence electrons. The van der Waals surface area contributed by atoms with E-state index in [-0.39, 0.29) is 19.5 Å². The molecule has 0 aromatic rings. The second-order valence-electron chi connectivity index (χ2n) is 1.92. The van der Waals surface area contributed by atoms with Crippen molar-refractivity contribution in [3.63, 3.8) is 0 Å².